The number of benzene rings is 2. The van der Waals surface area contributed by atoms with Gasteiger partial charge in [0.1, 0.15) is 5.75 Å². The largest absolute Gasteiger partial charge is 0.497 e. The third-order valence-electron chi connectivity index (χ3n) is 4.67. The van der Waals surface area contributed by atoms with Crippen LogP contribution in [0.2, 0.25) is 0 Å². The Morgan fingerprint density at radius 2 is 1.86 bits per heavy atom. The molecule has 1 atom stereocenters. The van der Waals surface area contributed by atoms with Crippen LogP contribution in [-0.2, 0) is 10.0 Å². The van der Waals surface area contributed by atoms with Crippen LogP contribution in [0, 0.1) is 0 Å². The van der Waals surface area contributed by atoms with Crippen molar-refractivity contribution < 1.29 is 17.9 Å². The number of amides is 1. The fourth-order valence-corrected chi connectivity index (χ4v) is 4.12. The predicted molar refractivity (Wildman–Crippen MR) is 111 cm³/mol. The van der Waals surface area contributed by atoms with Gasteiger partial charge in [0.05, 0.1) is 23.3 Å². The van der Waals surface area contributed by atoms with E-state index in [9.17, 15) is 13.2 Å². The number of nitrogens with zero attached hydrogens (tertiary/aromatic N) is 1. The van der Waals surface area contributed by atoms with Crippen molar-refractivity contribution in [1.29, 1.82) is 0 Å². The molecular formula is C19H24ClN3O4S. The van der Waals surface area contributed by atoms with E-state index in [4.69, 9.17) is 4.74 Å². The Labute approximate surface area is 171 Å². The Morgan fingerprint density at radius 3 is 2.46 bits per heavy atom. The Kier molecular flexibility index (Phi) is 7.29. The average Bonchev–Trinajstić information content (AvgIpc) is 3.22. The number of methoxy groups -OCH3 is 1. The number of hydrogen-bond acceptors (Lipinski definition) is 5. The van der Waals surface area contributed by atoms with Crippen LogP contribution >= 0.6 is 12.4 Å². The Morgan fingerprint density at radius 1 is 1.18 bits per heavy atom. The molecule has 0 aromatic heterocycles. The van der Waals surface area contributed by atoms with Crippen molar-refractivity contribution in [2.75, 3.05) is 32.0 Å². The van der Waals surface area contributed by atoms with E-state index in [1.54, 1.807) is 48.3 Å². The molecule has 7 nitrogen and oxygen atoms in total. The average molecular weight is 426 g/mol. The molecule has 2 aromatic carbocycles. The molecule has 1 aliphatic heterocycles. The van der Waals surface area contributed by atoms with Crippen LogP contribution in [0.15, 0.2) is 53.4 Å². The van der Waals surface area contributed by atoms with E-state index < -0.39 is 10.0 Å². The van der Waals surface area contributed by atoms with E-state index >= 15 is 0 Å². The molecule has 1 fully saturated rings. The second kappa shape index (κ2) is 9.27. The molecule has 1 saturated heterocycles. The lowest BCUT2D eigenvalue weighted by Gasteiger charge is -2.25. The molecule has 2 aromatic rings. The van der Waals surface area contributed by atoms with Crippen LogP contribution in [-0.4, -0.2) is 52.5 Å². The maximum absolute atomic E-state index is 12.9. The summed E-state index contributed by atoms with van der Waals surface area (Å²) in [5.41, 5.74) is 0.583. The first kappa shape index (κ1) is 22.0. The SMILES string of the molecule is COc1ccc(S(=O)(=O)Nc2ccccc2C(=O)N(C)C2CCNC2)cc1.Cl. The minimum absolute atomic E-state index is 0. The molecule has 0 saturated carbocycles. The van der Waals surface area contributed by atoms with Crippen molar-refractivity contribution >= 4 is 34.0 Å². The van der Waals surface area contributed by atoms with Crippen molar-refractivity contribution in [2.45, 2.75) is 17.4 Å². The molecule has 1 aliphatic rings. The van der Waals surface area contributed by atoms with Crippen molar-refractivity contribution in [3.05, 3.63) is 54.1 Å². The third-order valence-corrected chi connectivity index (χ3v) is 6.06. The fourth-order valence-electron chi connectivity index (χ4n) is 3.04. The van der Waals surface area contributed by atoms with Crippen molar-refractivity contribution in [1.82, 2.24) is 10.2 Å². The number of nitrogens with one attached hydrogen (secondary N) is 2. The van der Waals surface area contributed by atoms with Gasteiger partial charge >= 0.3 is 0 Å². The number of para-hydroxylation sites is 1. The second-order valence-corrected chi connectivity index (χ2v) is 8.07. The van der Waals surface area contributed by atoms with E-state index in [1.807, 2.05) is 0 Å². The zero-order valence-corrected chi connectivity index (χ0v) is 17.3. The van der Waals surface area contributed by atoms with Crippen LogP contribution in [0.5, 0.6) is 5.75 Å². The van der Waals surface area contributed by atoms with Gasteiger partial charge in [0.15, 0.2) is 0 Å². The third kappa shape index (κ3) is 4.76. The van der Waals surface area contributed by atoms with Crippen LogP contribution in [0.3, 0.4) is 0 Å². The lowest BCUT2D eigenvalue weighted by atomic mass is 10.1. The summed E-state index contributed by atoms with van der Waals surface area (Å²) in [5, 5.41) is 3.23. The van der Waals surface area contributed by atoms with Gasteiger partial charge in [0.2, 0.25) is 0 Å². The molecule has 3 rings (SSSR count). The van der Waals surface area contributed by atoms with Gasteiger partial charge in [0.25, 0.3) is 15.9 Å². The zero-order valence-electron chi connectivity index (χ0n) is 15.7. The molecule has 28 heavy (non-hydrogen) atoms. The standard InChI is InChI=1S/C19H23N3O4S.ClH/c1-22(14-11-12-20-13-14)19(23)17-5-3-4-6-18(17)21-27(24,25)16-9-7-15(26-2)8-10-16;/h3-10,14,20-21H,11-13H2,1-2H3;1H. The van der Waals surface area contributed by atoms with Gasteiger partial charge < -0.3 is 15.0 Å². The number of sulfonamides is 1. The van der Waals surface area contributed by atoms with Gasteiger partial charge in [-0.15, -0.1) is 12.4 Å². The molecule has 0 radical (unpaired) electrons. The molecule has 0 bridgehead atoms. The minimum atomic E-state index is -3.83. The van der Waals surface area contributed by atoms with E-state index in [1.165, 1.54) is 19.2 Å². The van der Waals surface area contributed by atoms with E-state index in [-0.39, 0.29) is 34.9 Å². The summed E-state index contributed by atoms with van der Waals surface area (Å²) < 4.78 is 33.0. The first-order chi connectivity index (χ1) is 12.9. The highest BCUT2D eigenvalue weighted by Gasteiger charge is 2.26. The van der Waals surface area contributed by atoms with Crippen molar-refractivity contribution in [3.8, 4) is 5.75 Å². The highest BCUT2D eigenvalue weighted by molar-refractivity contribution is 7.92. The van der Waals surface area contributed by atoms with Gasteiger partial charge in [-0.1, -0.05) is 12.1 Å². The van der Waals surface area contributed by atoms with Gasteiger partial charge in [-0.3, -0.25) is 9.52 Å². The molecular weight excluding hydrogens is 402 g/mol. The molecule has 0 aliphatic carbocycles. The van der Waals surface area contributed by atoms with Crippen molar-refractivity contribution in [3.63, 3.8) is 0 Å². The summed E-state index contributed by atoms with van der Waals surface area (Å²) >= 11 is 0. The monoisotopic (exact) mass is 425 g/mol. The molecule has 0 spiro atoms. The predicted octanol–water partition coefficient (Wildman–Crippen LogP) is 2.35. The Bertz CT molecular complexity index is 913. The quantitative estimate of drug-likeness (QED) is 0.741. The van der Waals surface area contributed by atoms with Crippen LogP contribution in [0.1, 0.15) is 16.8 Å². The number of anilines is 1. The lowest BCUT2D eigenvalue weighted by Crippen LogP contribution is -2.38. The van der Waals surface area contributed by atoms with E-state index in [2.05, 4.69) is 10.0 Å². The fraction of sp³-hybridized carbons (Fsp3) is 0.316. The zero-order chi connectivity index (χ0) is 19.4. The molecule has 1 amide bonds. The molecule has 2 N–H and O–H groups in total. The topological polar surface area (TPSA) is 87.7 Å². The van der Waals surface area contributed by atoms with Crippen LogP contribution < -0.4 is 14.8 Å². The second-order valence-electron chi connectivity index (χ2n) is 6.39. The number of halogens is 1. The molecule has 9 heteroatoms. The van der Waals surface area contributed by atoms with Crippen LogP contribution in [0.4, 0.5) is 5.69 Å². The number of rotatable bonds is 6. The first-order valence-corrected chi connectivity index (χ1v) is 10.1. The highest BCUT2D eigenvalue weighted by Crippen LogP contribution is 2.23. The Hall–Kier alpha value is -2.29. The molecule has 152 valence electrons. The summed E-state index contributed by atoms with van der Waals surface area (Å²) in [6.45, 7) is 1.61. The van der Waals surface area contributed by atoms with Crippen LogP contribution in [0.25, 0.3) is 0 Å². The number of hydrogen-bond donors (Lipinski definition) is 2. The maximum Gasteiger partial charge on any atom is 0.261 e. The van der Waals surface area contributed by atoms with Gasteiger partial charge in [0, 0.05) is 19.6 Å². The lowest BCUT2D eigenvalue weighted by molar-refractivity contribution is 0.0745. The number of carbonyl (C=O) groups excluding carboxylic acids is 1. The Balaban J connectivity index is 0.00000280. The maximum atomic E-state index is 12.9. The minimum Gasteiger partial charge on any atom is -0.497 e. The summed E-state index contributed by atoms with van der Waals surface area (Å²) in [4.78, 5) is 14.7. The number of ether oxygens (including phenoxy) is 1. The summed E-state index contributed by atoms with van der Waals surface area (Å²) in [5.74, 6) is 0.355. The molecule has 1 heterocycles. The summed E-state index contributed by atoms with van der Waals surface area (Å²) in [6, 6.07) is 12.8. The van der Waals surface area contributed by atoms with Crippen molar-refractivity contribution in [2.24, 2.45) is 0 Å². The first-order valence-electron chi connectivity index (χ1n) is 8.66. The van der Waals surface area contributed by atoms with Gasteiger partial charge in [-0.05, 0) is 49.4 Å². The summed E-state index contributed by atoms with van der Waals surface area (Å²) in [7, 11) is -0.569. The van der Waals surface area contributed by atoms with Gasteiger partial charge in [-0.25, -0.2) is 8.42 Å². The smallest absolute Gasteiger partial charge is 0.261 e. The normalized spacial score (nSPS) is 16.1. The summed E-state index contributed by atoms with van der Waals surface area (Å²) in [6.07, 6.45) is 0.877. The highest BCUT2D eigenvalue weighted by atomic mass is 35.5. The number of likely N-dealkylation sites (N-methyl/N-ethyl adjacent to an activating group) is 1. The molecule has 1 unspecified atom stereocenters. The number of carbonyl (C=O) groups is 1. The van der Waals surface area contributed by atoms with Gasteiger partial charge in [-0.2, -0.15) is 0 Å². The van der Waals surface area contributed by atoms with E-state index in [0.29, 0.717) is 11.3 Å². The van der Waals surface area contributed by atoms with E-state index in [0.717, 1.165) is 19.5 Å².